The lowest BCUT2D eigenvalue weighted by Gasteiger charge is -2.14. The summed E-state index contributed by atoms with van der Waals surface area (Å²) in [4.78, 5) is 37.0. The second-order valence-electron chi connectivity index (χ2n) is 6.08. The summed E-state index contributed by atoms with van der Waals surface area (Å²) in [6.45, 7) is 3.72. The van der Waals surface area contributed by atoms with Gasteiger partial charge in [-0.1, -0.05) is 25.1 Å². The Labute approximate surface area is 153 Å². The lowest BCUT2D eigenvalue weighted by molar-refractivity contribution is -0.151. The summed E-state index contributed by atoms with van der Waals surface area (Å²) in [5.74, 6) is -1.40. The third-order valence-electron chi connectivity index (χ3n) is 4.22. The summed E-state index contributed by atoms with van der Waals surface area (Å²) >= 11 is 0. The van der Waals surface area contributed by atoms with E-state index < -0.39 is 11.9 Å². The van der Waals surface area contributed by atoms with Gasteiger partial charge in [0.15, 0.2) is 5.78 Å². The van der Waals surface area contributed by atoms with Crippen LogP contribution in [0.2, 0.25) is 0 Å². The Morgan fingerprint density at radius 3 is 2.35 bits per heavy atom. The van der Waals surface area contributed by atoms with Gasteiger partial charge < -0.3 is 9.47 Å². The summed E-state index contributed by atoms with van der Waals surface area (Å²) in [7, 11) is 1.60. The van der Waals surface area contributed by atoms with E-state index >= 15 is 0 Å². The number of ether oxygens (including phenoxy) is 2. The first kappa shape index (κ1) is 19.6. The number of ketones is 2. The van der Waals surface area contributed by atoms with Crippen LogP contribution in [0.15, 0.2) is 36.4 Å². The molecule has 1 unspecified atom stereocenters. The van der Waals surface area contributed by atoms with Crippen molar-refractivity contribution in [2.45, 2.75) is 33.1 Å². The number of Topliss-reactive ketones (excluding diaryl/α,β-unsaturated/α-hetero) is 2. The number of hydrogen-bond donors (Lipinski definition) is 0. The number of rotatable bonds is 9. The fraction of sp³-hybridized carbons (Fsp3) is 0.381. The minimum absolute atomic E-state index is 0.167. The standard InChI is InChI=1S/C21H24O5/c1-4-6-19(22)18(21(24)26-5-2)13-20(23)16-8-7-15-12-17(25-3)10-9-14(15)11-16/h7-12,18H,4-6,13H2,1-3H3. The van der Waals surface area contributed by atoms with Gasteiger partial charge in [0, 0.05) is 18.4 Å². The maximum absolute atomic E-state index is 12.7. The minimum atomic E-state index is -1.03. The molecule has 2 aromatic rings. The molecule has 0 aliphatic rings. The molecule has 26 heavy (non-hydrogen) atoms. The maximum Gasteiger partial charge on any atom is 0.316 e. The quantitative estimate of drug-likeness (QED) is 0.386. The Morgan fingerprint density at radius 2 is 1.69 bits per heavy atom. The van der Waals surface area contributed by atoms with E-state index in [1.165, 1.54) is 0 Å². The molecule has 0 radical (unpaired) electrons. The summed E-state index contributed by atoms with van der Waals surface area (Å²) < 4.78 is 10.2. The highest BCUT2D eigenvalue weighted by Crippen LogP contribution is 2.23. The van der Waals surface area contributed by atoms with E-state index in [9.17, 15) is 14.4 Å². The largest absolute Gasteiger partial charge is 0.497 e. The zero-order valence-electron chi connectivity index (χ0n) is 15.4. The third-order valence-corrected chi connectivity index (χ3v) is 4.22. The molecule has 0 fully saturated rings. The van der Waals surface area contributed by atoms with E-state index in [0.29, 0.717) is 12.0 Å². The van der Waals surface area contributed by atoms with Crippen molar-refractivity contribution in [3.05, 3.63) is 42.0 Å². The number of fused-ring (bicyclic) bond motifs is 1. The van der Waals surface area contributed by atoms with Crippen molar-refractivity contribution in [2.24, 2.45) is 5.92 Å². The van der Waals surface area contributed by atoms with Crippen molar-refractivity contribution in [3.8, 4) is 5.75 Å². The molecule has 0 saturated heterocycles. The molecule has 0 aromatic heterocycles. The van der Waals surface area contributed by atoms with Crippen LogP contribution in [0.5, 0.6) is 5.75 Å². The van der Waals surface area contributed by atoms with E-state index in [1.807, 2.05) is 31.2 Å². The molecule has 2 rings (SSSR count). The molecule has 138 valence electrons. The van der Waals surface area contributed by atoms with Gasteiger partial charge in [-0.3, -0.25) is 14.4 Å². The van der Waals surface area contributed by atoms with Gasteiger partial charge in [-0.15, -0.1) is 0 Å². The van der Waals surface area contributed by atoms with E-state index in [1.54, 1.807) is 26.2 Å². The van der Waals surface area contributed by atoms with E-state index in [4.69, 9.17) is 9.47 Å². The van der Waals surface area contributed by atoms with Gasteiger partial charge >= 0.3 is 5.97 Å². The number of esters is 1. The molecule has 5 nitrogen and oxygen atoms in total. The lowest BCUT2D eigenvalue weighted by Crippen LogP contribution is -2.28. The third kappa shape index (κ3) is 4.69. The molecule has 0 spiro atoms. The number of benzene rings is 2. The molecular formula is C21H24O5. The molecule has 1 atom stereocenters. The predicted octanol–water partition coefficient (Wildman–Crippen LogP) is 3.97. The number of methoxy groups -OCH3 is 1. The van der Waals surface area contributed by atoms with E-state index in [2.05, 4.69) is 0 Å². The molecule has 0 aliphatic heterocycles. The van der Waals surface area contributed by atoms with Gasteiger partial charge in [0.1, 0.15) is 17.5 Å². The molecule has 0 bridgehead atoms. The second-order valence-corrected chi connectivity index (χ2v) is 6.08. The second kappa shape index (κ2) is 9.13. The zero-order chi connectivity index (χ0) is 19.1. The highest BCUT2D eigenvalue weighted by molar-refractivity contribution is 6.07. The van der Waals surface area contributed by atoms with Crippen molar-refractivity contribution in [1.29, 1.82) is 0 Å². The Balaban J connectivity index is 2.23. The summed E-state index contributed by atoms with van der Waals surface area (Å²) in [6.07, 6.45) is 0.717. The van der Waals surface area contributed by atoms with Gasteiger partial charge in [0.05, 0.1) is 13.7 Å². The fourth-order valence-corrected chi connectivity index (χ4v) is 2.82. The first-order valence-corrected chi connectivity index (χ1v) is 8.80. The van der Waals surface area contributed by atoms with Crippen molar-refractivity contribution in [1.82, 2.24) is 0 Å². The van der Waals surface area contributed by atoms with Gasteiger partial charge in [0.25, 0.3) is 0 Å². The molecular weight excluding hydrogens is 332 g/mol. The maximum atomic E-state index is 12.7. The normalized spacial score (nSPS) is 11.8. The number of carbonyl (C=O) groups is 3. The van der Waals surface area contributed by atoms with Crippen molar-refractivity contribution >= 4 is 28.3 Å². The van der Waals surface area contributed by atoms with Gasteiger partial charge in [-0.2, -0.15) is 0 Å². The first-order valence-electron chi connectivity index (χ1n) is 8.80. The smallest absolute Gasteiger partial charge is 0.316 e. The lowest BCUT2D eigenvalue weighted by atomic mass is 9.92. The predicted molar refractivity (Wildman–Crippen MR) is 99.5 cm³/mol. The molecule has 5 heteroatoms. The monoisotopic (exact) mass is 356 g/mol. The molecule has 0 amide bonds. The van der Waals surface area contributed by atoms with E-state index in [-0.39, 0.29) is 31.0 Å². The van der Waals surface area contributed by atoms with Crippen LogP contribution in [-0.2, 0) is 14.3 Å². The van der Waals surface area contributed by atoms with E-state index in [0.717, 1.165) is 16.5 Å². The summed E-state index contributed by atoms with van der Waals surface area (Å²) in [5.41, 5.74) is 0.473. The Kier molecular flexibility index (Phi) is 6.89. The van der Waals surface area contributed by atoms with Crippen LogP contribution in [0.1, 0.15) is 43.5 Å². The summed E-state index contributed by atoms with van der Waals surface area (Å²) in [5, 5.41) is 1.84. The minimum Gasteiger partial charge on any atom is -0.497 e. The van der Waals surface area contributed by atoms with Gasteiger partial charge in [-0.05, 0) is 42.3 Å². The van der Waals surface area contributed by atoms with Gasteiger partial charge in [-0.25, -0.2) is 0 Å². The Hall–Kier alpha value is -2.69. The Morgan fingerprint density at radius 1 is 1.00 bits per heavy atom. The van der Waals surface area contributed by atoms with Crippen LogP contribution in [0.25, 0.3) is 10.8 Å². The van der Waals surface area contributed by atoms with Crippen molar-refractivity contribution < 1.29 is 23.9 Å². The number of carbonyl (C=O) groups excluding carboxylic acids is 3. The zero-order valence-corrected chi connectivity index (χ0v) is 15.4. The topological polar surface area (TPSA) is 69.7 Å². The van der Waals surface area contributed by atoms with Crippen molar-refractivity contribution in [2.75, 3.05) is 13.7 Å². The highest BCUT2D eigenvalue weighted by Gasteiger charge is 2.30. The van der Waals surface area contributed by atoms with Gasteiger partial charge in [0.2, 0.25) is 0 Å². The number of hydrogen-bond acceptors (Lipinski definition) is 5. The first-order chi connectivity index (χ1) is 12.5. The van der Waals surface area contributed by atoms with Crippen LogP contribution in [0, 0.1) is 5.92 Å². The average molecular weight is 356 g/mol. The van der Waals surface area contributed by atoms with Crippen LogP contribution in [0.4, 0.5) is 0 Å². The fourth-order valence-electron chi connectivity index (χ4n) is 2.82. The molecule has 0 heterocycles. The SMILES string of the molecule is CCCC(=O)C(CC(=O)c1ccc2cc(OC)ccc2c1)C(=O)OCC. The van der Waals surface area contributed by atoms with Crippen LogP contribution >= 0.6 is 0 Å². The molecule has 0 aliphatic carbocycles. The van der Waals surface area contributed by atoms with Crippen molar-refractivity contribution in [3.63, 3.8) is 0 Å². The molecule has 0 saturated carbocycles. The Bertz CT molecular complexity index is 791. The molecule has 0 N–H and O–H groups in total. The van der Waals surface area contributed by atoms with Crippen LogP contribution < -0.4 is 4.74 Å². The average Bonchev–Trinajstić information content (AvgIpc) is 2.65. The van der Waals surface area contributed by atoms with Crippen LogP contribution in [-0.4, -0.2) is 31.3 Å². The molecule has 2 aromatic carbocycles. The highest BCUT2D eigenvalue weighted by atomic mass is 16.5. The summed E-state index contributed by atoms with van der Waals surface area (Å²) in [6, 6.07) is 10.9. The van der Waals surface area contributed by atoms with Crippen LogP contribution in [0.3, 0.4) is 0 Å².